The van der Waals surface area contributed by atoms with Crippen molar-refractivity contribution < 1.29 is 28.8 Å². The number of carboxylic acid groups (broad SMARTS) is 1. The van der Waals surface area contributed by atoms with Crippen molar-refractivity contribution in [3.05, 3.63) is 40.2 Å². The van der Waals surface area contributed by atoms with Gasteiger partial charge in [0.2, 0.25) is 11.4 Å². The van der Waals surface area contributed by atoms with E-state index in [2.05, 4.69) is 0 Å². The standard InChI is InChI=1S/C21H22N2O6/c1-9-16(20(25)26)11-7-14-18-21(12-5-3-4-6-13(12)22(18)27)8-15(23(9,14)28)17(11)19(21)29-10(2)24/h3-6,9,11,14-17,19H,7-8H2,1-2H3,(H,25,26)/t9-,11+,14-,15-,16-,17-,19+,21+,23?/m0/s1. The van der Waals surface area contributed by atoms with Crippen LogP contribution in [0.5, 0.6) is 0 Å². The van der Waals surface area contributed by atoms with Gasteiger partial charge in [0.15, 0.2) is 6.04 Å². The van der Waals surface area contributed by atoms with E-state index in [4.69, 9.17) is 4.74 Å². The van der Waals surface area contributed by atoms with Crippen molar-refractivity contribution in [1.29, 1.82) is 0 Å². The molecule has 0 amide bonds. The number of para-hydroxylation sites is 1. The first-order chi connectivity index (χ1) is 13.7. The van der Waals surface area contributed by atoms with Crippen molar-refractivity contribution in [1.82, 2.24) is 0 Å². The first-order valence-electron chi connectivity index (χ1n) is 10.2. The van der Waals surface area contributed by atoms with Gasteiger partial charge in [-0.3, -0.25) is 9.59 Å². The third-order valence-electron chi connectivity index (χ3n) is 8.60. The maximum absolute atomic E-state index is 14.4. The number of ether oxygens (including phenoxy) is 1. The summed E-state index contributed by atoms with van der Waals surface area (Å²) in [7, 11) is 0. The fraction of sp³-hybridized carbons (Fsp3) is 0.571. The molecule has 1 unspecified atom stereocenters. The summed E-state index contributed by atoms with van der Waals surface area (Å²) in [5, 5.41) is 37.7. The molecule has 0 radical (unpaired) electrons. The van der Waals surface area contributed by atoms with Crippen molar-refractivity contribution in [2.75, 3.05) is 0 Å². The topological polar surface area (TPSA) is 113 Å². The number of hydroxylamine groups is 3. The van der Waals surface area contributed by atoms with Crippen LogP contribution in [-0.4, -0.2) is 56.4 Å². The first-order valence-corrected chi connectivity index (χ1v) is 10.2. The van der Waals surface area contributed by atoms with Crippen LogP contribution in [0.15, 0.2) is 24.3 Å². The second-order valence-electron chi connectivity index (χ2n) is 9.33. The van der Waals surface area contributed by atoms with Gasteiger partial charge in [-0.2, -0.15) is 4.74 Å². The molecule has 1 spiro atoms. The molecule has 1 N–H and O–H groups in total. The predicted molar refractivity (Wildman–Crippen MR) is 100.0 cm³/mol. The van der Waals surface area contributed by atoms with E-state index in [1.54, 1.807) is 19.1 Å². The molecular weight excluding hydrogens is 376 g/mol. The summed E-state index contributed by atoms with van der Waals surface area (Å²) in [5.41, 5.74) is 0.982. The second kappa shape index (κ2) is 4.99. The Hall–Kier alpha value is -2.45. The smallest absolute Gasteiger partial charge is 0.312 e. The van der Waals surface area contributed by atoms with Gasteiger partial charge in [0, 0.05) is 31.4 Å². The van der Waals surface area contributed by atoms with Crippen LogP contribution in [0, 0.1) is 28.2 Å². The Bertz CT molecular complexity index is 1020. The van der Waals surface area contributed by atoms with Gasteiger partial charge in [-0.1, -0.05) is 18.2 Å². The van der Waals surface area contributed by atoms with E-state index in [1.807, 2.05) is 12.1 Å². The van der Waals surface area contributed by atoms with Gasteiger partial charge < -0.3 is 24.9 Å². The highest BCUT2D eigenvalue weighted by Crippen LogP contribution is 2.69. The molecule has 7 rings (SSSR count). The maximum Gasteiger partial charge on any atom is 0.312 e. The molecule has 4 saturated heterocycles. The first kappa shape index (κ1) is 17.4. The number of benzene rings is 1. The van der Waals surface area contributed by atoms with Gasteiger partial charge in [0.1, 0.15) is 23.5 Å². The normalized spacial score (nSPS) is 47.9. The Balaban J connectivity index is 1.67. The van der Waals surface area contributed by atoms with Crippen LogP contribution in [0.2, 0.25) is 0 Å². The van der Waals surface area contributed by atoms with E-state index < -0.39 is 46.1 Å². The van der Waals surface area contributed by atoms with Gasteiger partial charge >= 0.3 is 11.9 Å². The van der Waals surface area contributed by atoms with Crippen LogP contribution in [0.25, 0.3) is 0 Å². The molecular formula is C21H22N2O6. The van der Waals surface area contributed by atoms with Crippen molar-refractivity contribution in [3.8, 4) is 0 Å². The lowest BCUT2D eigenvalue weighted by Gasteiger charge is -2.68. The van der Waals surface area contributed by atoms with Gasteiger partial charge in [0.25, 0.3) is 0 Å². The molecule has 29 heavy (non-hydrogen) atoms. The van der Waals surface area contributed by atoms with E-state index in [9.17, 15) is 25.1 Å². The Labute approximate surface area is 167 Å². The molecule has 0 aromatic heterocycles. The number of fused-ring (bicyclic) bond motifs is 2. The number of carboxylic acids is 1. The monoisotopic (exact) mass is 398 g/mol. The van der Waals surface area contributed by atoms with Crippen molar-refractivity contribution >= 4 is 23.3 Å². The van der Waals surface area contributed by atoms with Crippen molar-refractivity contribution in [2.45, 2.75) is 56.3 Å². The lowest BCUT2D eigenvalue weighted by Crippen LogP contribution is -2.79. The summed E-state index contributed by atoms with van der Waals surface area (Å²) in [4.78, 5) is 24.2. The summed E-state index contributed by atoms with van der Waals surface area (Å²) in [5.74, 6) is -2.88. The molecule has 1 saturated carbocycles. The zero-order chi connectivity index (χ0) is 20.5. The minimum atomic E-state index is -0.975. The third kappa shape index (κ3) is 1.62. The molecule has 9 atom stereocenters. The molecule has 5 heterocycles. The fourth-order valence-electron chi connectivity index (χ4n) is 7.90. The highest BCUT2D eigenvalue weighted by Gasteiger charge is 2.83. The third-order valence-corrected chi connectivity index (χ3v) is 8.60. The molecule has 8 nitrogen and oxygen atoms in total. The number of carbonyl (C=O) groups excluding carboxylic acids is 1. The lowest BCUT2D eigenvalue weighted by molar-refractivity contribution is -0.967. The number of esters is 1. The Morgan fingerprint density at radius 2 is 2.07 bits per heavy atom. The van der Waals surface area contributed by atoms with Crippen LogP contribution in [0.4, 0.5) is 5.69 Å². The highest BCUT2D eigenvalue weighted by molar-refractivity contribution is 6.02. The number of hydrogen-bond acceptors (Lipinski definition) is 5. The van der Waals surface area contributed by atoms with Crippen LogP contribution in [0.3, 0.4) is 0 Å². The summed E-state index contributed by atoms with van der Waals surface area (Å²) < 4.78 is 6.06. The molecule has 8 heteroatoms. The molecule has 6 aliphatic rings. The number of rotatable bonds is 2. The van der Waals surface area contributed by atoms with E-state index in [-0.39, 0.29) is 17.9 Å². The maximum atomic E-state index is 14.4. The van der Waals surface area contributed by atoms with Gasteiger partial charge in [0.05, 0.1) is 12.0 Å². The number of piperidine rings is 4. The Kier molecular flexibility index (Phi) is 3.00. The minimum Gasteiger partial charge on any atom is -0.632 e. The van der Waals surface area contributed by atoms with E-state index in [0.717, 1.165) is 10.3 Å². The molecule has 5 aliphatic heterocycles. The SMILES string of the molecule is CC(=O)O[C@@H]1[C@H]2[C@@H]3C[C@H]4C5=[N+]([O-])c6ccccc6[C@]51C[C@@H]2[N+]4([O-])[C@@H](C)[C@@H]3C(=O)O. The lowest BCUT2D eigenvalue weighted by atomic mass is 9.61. The van der Waals surface area contributed by atoms with E-state index in [1.165, 1.54) is 6.92 Å². The van der Waals surface area contributed by atoms with Crippen molar-refractivity contribution in [3.63, 3.8) is 0 Å². The quantitative estimate of drug-likeness (QED) is 0.351. The fourth-order valence-corrected chi connectivity index (χ4v) is 7.90. The van der Waals surface area contributed by atoms with Gasteiger partial charge in [-0.25, -0.2) is 0 Å². The average molecular weight is 398 g/mol. The molecule has 1 aromatic carbocycles. The number of carbonyl (C=O) groups is 2. The van der Waals surface area contributed by atoms with Crippen LogP contribution >= 0.6 is 0 Å². The highest BCUT2D eigenvalue weighted by atomic mass is 16.6. The minimum absolute atomic E-state index is 0.283. The summed E-state index contributed by atoms with van der Waals surface area (Å²) >= 11 is 0. The van der Waals surface area contributed by atoms with Gasteiger partial charge in [-0.15, -0.1) is 0 Å². The zero-order valence-corrected chi connectivity index (χ0v) is 16.1. The largest absolute Gasteiger partial charge is 0.632 e. The number of quaternary nitrogens is 1. The predicted octanol–water partition coefficient (Wildman–Crippen LogP) is 1.66. The number of aliphatic carboxylic acids is 1. The van der Waals surface area contributed by atoms with Gasteiger partial charge in [-0.05, 0) is 12.8 Å². The Morgan fingerprint density at radius 3 is 2.76 bits per heavy atom. The number of hydrogen-bond donors (Lipinski definition) is 1. The van der Waals surface area contributed by atoms with Crippen LogP contribution in [0.1, 0.15) is 32.3 Å². The number of nitrogens with zero attached hydrogens (tertiary/aromatic N) is 2. The summed E-state index contributed by atoms with van der Waals surface area (Å²) in [6.45, 7) is 3.04. The van der Waals surface area contributed by atoms with Crippen LogP contribution < -0.4 is 0 Å². The average Bonchev–Trinajstić information content (AvgIpc) is 3.06. The molecule has 5 bridgehead atoms. The van der Waals surface area contributed by atoms with Crippen molar-refractivity contribution in [2.24, 2.45) is 17.8 Å². The summed E-state index contributed by atoms with van der Waals surface area (Å²) in [6.07, 6.45) is 0.0972. The second-order valence-corrected chi connectivity index (χ2v) is 9.33. The molecule has 152 valence electrons. The van der Waals surface area contributed by atoms with Crippen LogP contribution in [-0.2, 0) is 19.7 Å². The summed E-state index contributed by atoms with van der Waals surface area (Å²) in [6, 6.07) is 5.69. The molecule has 1 aliphatic carbocycles. The Morgan fingerprint density at radius 1 is 1.34 bits per heavy atom. The van der Waals surface area contributed by atoms with E-state index >= 15 is 0 Å². The molecule has 1 aromatic rings. The van der Waals surface area contributed by atoms with E-state index in [0.29, 0.717) is 24.2 Å². The zero-order valence-electron chi connectivity index (χ0n) is 16.1. The molecule has 5 fully saturated rings.